The fourth-order valence-electron chi connectivity index (χ4n) is 2.40. The van der Waals surface area contributed by atoms with Crippen molar-refractivity contribution in [2.45, 2.75) is 25.2 Å². The topological polar surface area (TPSA) is 34.1 Å². The summed E-state index contributed by atoms with van der Waals surface area (Å²) in [5.74, 6) is -0.469. The number of methoxy groups -OCH3 is 1. The van der Waals surface area contributed by atoms with Gasteiger partial charge in [0.05, 0.1) is 24.4 Å². The first-order valence-corrected chi connectivity index (χ1v) is 7.34. The van der Waals surface area contributed by atoms with Gasteiger partial charge >= 0.3 is 6.18 Å². The van der Waals surface area contributed by atoms with E-state index in [1.54, 1.807) is 13.0 Å². The van der Waals surface area contributed by atoms with Crippen molar-refractivity contribution in [2.75, 3.05) is 13.7 Å². The minimum absolute atomic E-state index is 0.175. The Kier molecular flexibility index (Phi) is 5.90. The summed E-state index contributed by atoms with van der Waals surface area (Å²) in [6.07, 6.45) is -1.81. The van der Waals surface area contributed by atoms with E-state index in [1.165, 1.54) is 25.4 Å². The van der Waals surface area contributed by atoms with Crippen LogP contribution in [0.4, 0.5) is 17.6 Å². The van der Waals surface area contributed by atoms with Crippen molar-refractivity contribution >= 4 is 0 Å². The first-order chi connectivity index (χ1) is 11.3. The number of nitrogens with zero attached hydrogens (tertiary/aromatic N) is 1. The summed E-state index contributed by atoms with van der Waals surface area (Å²) in [5, 5.41) is 3.16. The highest BCUT2D eigenvalue weighted by molar-refractivity contribution is 5.28. The maximum atomic E-state index is 13.3. The Bertz CT molecular complexity index is 676. The smallest absolute Gasteiger partial charge is 0.383 e. The molecule has 7 heteroatoms. The molecule has 0 aliphatic heterocycles. The number of hydrogen-bond acceptors (Lipinski definition) is 3. The van der Waals surface area contributed by atoms with Crippen molar-refractivity contribution in [3.63, 3.8) is 0 Å². The highest BCUT2D eigenvalue weighted by Crippen LogP contribution is 2.31. The average molecular weight is 342 g/mol. The molecule has 2 rings (SSSR count). The van der Waals surface area contributed by atoms with Crippen LogP contribution in [-0.4, -0.2) is 18.7 Å². The van der Waals surface area contributed by atoms with Crippen LogP contribution in [0.15, 0.2) is 42.7 Å². The van der Waals surface area contributed by atoms with Gasteiger partial charge in [0.15, 0.2) is 0 Å². The molecule has 0 fully saturated rings. The van der Waals surface area contributed by atoms with E-state index in [0.29, 0.717) is 11.1 Å². The minimum Gasteiger partial charge on any atom is -0.383 e. The zero-order valence-corrected chi connectivity index (χ0v) is 13.3. The lowest BCUT2D eigenvalue weighted by Gasteiger charge is -2.24. The van der Waals surface area contributed by atoms with Crippen LogP contribution in [0, 0.1) is 5.82 Å². The standard InChI is InChI=1S/C17H18F4N2O/c1-11(13-7-15(18)9-22-8-13)23-16(10-24-2)12-4-3-5-14(6-12)17(19,20)21/h3-9,11,16,23H,10H2,1-2H3/t11-,16-/m0/s1. The van der Waals surface area contributed by atoms with Crippen molar-refractivity contribution in [2.24, 2.45) is 0 Å². The summed E-state index contributed by atoms with van der Waals surface area (Å²) >= 11 is 0. The van der Waals surface area contributed by atoms with Gasteiger partial charge in [0.2, 0.25) is 0 Å². The van der Waals surface area contributed by atoms with Crippen molar-refractivity contribution in [3.05, 3.63) is 65.2 Å². The summed E-state index contributed by atoms with van der Waals surface area (Å²) in [7, 11) is 1.47. The fraction of sp³-hybridized carbons (Fsp3) is 0.353. The number of hydrogen-bond donors (Lipinski definition) is 1. The van der Waals surface area contributed by atoms with E-state index >= 15 is 0 Å². The van der Waals surface area contributed by atoms with Gasteiger partial charge in [0.25, 0.3) is 0 Å². The molecule has 0 saturated heterocycles. The number of rotatable bonds is 6. The number of nitrogens with one attached hydrogen (secondary N) is 1. The van der Waals surface area contributed by atoms with Crippen LogP contribution in [0.2, 0.25) is 0 Å². The second kappa shape index (κ2) is 7.72. The molecule has 1 heterocycles. The maximum Gasteiger partial charge on any atom is 0.416 e. The Morgan fingerprint density at radius 3 is 2.54 bits per heavy atom. The van der Waals surface area contributed by atoms with Crippen LogP contribution in [0.3, 0.4) is 0 Å². The van der Waals surface area contributed by atoms with Crippen LogP contribution in [0.1, 0.15) is 35.7 Å². The summed E-state index contributed by atoms with van der Waals surface area (Å²) in [5.41, 5.74) is 0.328. The lowest BCUT2D eigenvalue weighted by Crippen LogP contribution is -2.28. The Labute approximate surface area is 137 Å². The normalized spacial score (nSPS) is 14.4. The lowest BCUT2D eigenvalue weighted by molar-refractivity contribution is -0.137. The SMILES string of the molecule is COC[C@H](N[C@@H](C)c1cncc(F)c1)c1cccc(C(F)(F)F)c1. The molecule has 0 radical (unpaired) electrons. The van der Waals surface area contributed by atoms with Gasteiger partial charge in [0.1, 0.15) is 5.82 Å². The van der Waals surface area contributed by atoms with Crippen molar-refractivity contribution in [1.82, 2.24) is 10.3 Å². The molecule has 1 aromatic carbocycles. The second-order valence-electron chi connectivity index (χ2n) is 5.46. The molecule has 1 aromatic heterocycles. The molecule has 0 saturated carbocycles. The van der Waals surface area contributed by atoms with Crippen LogP contribution >= 0.6 is 0 Å². The van der Waals surface area contributed by atoms with E-state index in [2.05, 4.69) is 10.3 Å². The first-order valence-electron chi connectivity index (χ1n) is 7.34. The molecule has 24 heavy (non-hydrogen) atoms. The van der Waals surface area contributed by atoms with Gasteiger partial charge in [0, 0.05) is 19.3 Å². The summed E-state index contributed by atoms with van der Waals surface area (Å²) in [6, 6.07) is 5.61. The van der Waals surface area contributed by atoms with Gasteiger partial charge in [-0.15, -0.1) is 0 Å². The molecular weight excluding hydrogens is 324 g/mol. The maximum absolute atomic E-state index is 13.3. The predicted molar refractivity (Wildman–Crippen MR) is 81.8 cm³/mol. The van der Waals surface area contributed by atoms with Gasteiger partial charge in [-0.3, -0.25) is 4.98 Å². The monoisotopic (exact) mass is 342 g/mol. The third-order valence-corrected chi connectivity index (χ3v) is 3.63. The number of alkyl halides is 3. The molecule has 0 amide bonds. The average Bonchev–Trinajstić information content (AvgIpc) is 2.53. The van der Waals surface area contributed by atoms with Crippen LogP contribution < -0.4 is 5.32 Å². The number of aromatic nitrogens is 1. The number of halogens is 4. The van der Waals surface area contributed by atoms with Gasteiger partial charge in [-0.1, -0.05) is 12.1 Å². The van der Waals surface area contributed by atoms with E-state index < -0.39 is 23.6 Å². The predicted octanol–water partition coefficient (Wildman–Crippen LogP) is 4.28. The third-order valence-electron chi connectivity index (χ3n) is 3.63. The van der Waals surface area contributed by atoms with E-state index in [-0.39, 0.29) is 12.6 Å². The molecule has 0 spiro atoms. The molecule has 2 aromatic rings. The van der Waals surface area contributed by atoms with E-state index in [9.17, 15) is 17.6 Å². The van der Waals surface area contributed by atoms with Crippen LogP contribution in [0.25, 0.3) is 0 Å². The van der Waals surface area contributed by atoms with E-state index in [4.69, 9.17) is 4.74 Å². The number of ether oxygens (including phenoxy) is 1. The summed E-state index contributed by atoms with van der Waals surface area (Å²) in [6.45, 7) is 1.96. The van der Waals surface area contributed by atoms with Crippen molar-refractivity contribution in [3.8, 4) is 0 Å². The molecule has 2 atom stereocenters. The molecule has 3 nitrogen and oxygen atoms in total. The lowest BCUT2D eigenvalue weighted by atomic mass is 10.0. The van der Waals surface area contributed by atoms with Crippen LogP contribution in [0.5, 0.6) is 0 Å². The molecule has 0 bridgehead atoms. The number of pyridine rings is 1. The first kappa shape index (κ1) is 18.4. The second-order valence-corrected chi connectivity index (χ2v) is 5.46. The Morgan fingerprint density at radius 2 is 1.92 bits per heavy atom. The molecule has 0 aliphatic rings. The quantitative estimate of drug-likeness (QED) is 0.796. The van der Waals surface area contributed by atoms with Crippen molar-refractivity contribution < 1.29 is 22.3 Å². The molecular formula is C17H18F4N2O. The zero-order valence-electron chi connectivity index (χ0n) is 13.3. The fourth-order valence-corrected chi connectivity index (χ4v) is 2.40. The molecule has 130 valence electrons. The van der Waals surface area contributed by atoms with E-state index in [1.807, 2.05) is 0 Å². The van der Waals surface area contributed by atoms with Crippen molar-refractivity contribution in [1.29, 1.82) is 0 Å². The summed E-state index contributed by atoms with van der Waals surface area (Å²) in [4.78, 5) is 3.78. The van der Waals surface area contributed by atoms with Gasteiger partial charge in [-0.05, 0) is 36.2 Å². The largest absolute Gasteiger partial charge is 0.416 e. The van der Waals surface area contributed by atoms with Crippen LogP contribution in [-0.2, 0) is 10.9 Å². The molecule has 0 unspecified atom stereocenters. The Balaban J connectivity index is 2.23. The van der Waals surface area contributed by atoms with Gasteiger partial charge in [-0.25, -0.2) is 4.39 Å². The number of benzene rings is 1. The Morgan fingerprint density at radius 1 is 1.17 bits per heavy atom. The highest BCUT2D eigenvalue weighted by atomic mass is 19.4. The minimum atomic E-state index is -4.41. The third kappa shape index (κ3) is 4.75. The molecule has 1 N–H and O–H groups in total. The highest BCUT2D eigenvalue weighted by Gasteiger charge is 2.31. The summed E-state index contributed by atoms with van der Waals surface area (Å²) < 4.78 is 57.1. The Hall–Kier alpha value is -1.99. The zero-order chi connectivity index (χ0) is 17.7. The van der Waals surface area contributed by atoms with Gasteiger partial charge in [-0.2, -0.15) is 13.2 Å². The molecule has 0 aliphatic carbocycles. The van der Waals surface area contributed by atoms with E-state index in [0.717, 1.165) is 18.3 Å². The van der Waals surface area contributed by atoms with Gasteiger partial charge < -0.3 is 10.1 Å².